The highest BCUT2D eigenvalue weighted by molar-refractivity contribution is 6.31. The Kier molecular flexibility index (Phi) is 3.82. The molecule has 9 heteroatoms. The minimum absolute atomic E-state index is 0.0882. The predicted molar refractivity (Wildman–Crippen MR) is 91.3 cm³/mol. The molecule has 0 atom stereocenters. The molecule has 0 radical (unpaired) electrons. The molecule has 0 bridgehead atoms. The Morgan fingerprint density at radius 2 is 1.42 bits per heavy atom. The zero-order chi connectivity index (χ0) is 18.4. The molecule has 1 heterocycles. The summed E-state index contributed by atoms with van der Waals surface area (Å²) in [5.74, 6) is -1.46. The molecule has 7 nitrogen and oxygen atoms in total. The summed E-state index contributed by atoms with van der Waals surface area (Å²) < 4.78 is 5.36. The van der Waals surface area contributed by atoms with Gasteiger partial charge in [-0.15, -0.1) is 0 Å². The largest absolute Gasteiger partial charge is 0.504 e. The molecule has 1 aliphatic rings. The molecule has 4 rings (SSSR count). The van der Waals surface area contributed by atoms with Crippen LogP contribution in [0.1, 0.15) is 31.8 Å². The minimum atomic E-state index is -0.497. The van der Waals surface area contributed by atoms with Crippen molar-refractivity contribution >= 4 is 34.8 Å². The fourth-order valence-electron chi connectivity index (χ4n) is 2.69. The number of carbonyl (C=O) groups is 2. The van der Waals surface area contributed by atoms with Gasteiger partial charge in [0.05, 0.1) is 5.56 Å². The van der Waals surface area contributed by atoms with Gasteiger partial charge in [0.25, 0.3) is 0 Å². The van der Waals surface area contributed by atoms with Gasteiger partial charge in [0.2, 0.25) is 10.6 Å². The lowest BCUT2D eigenvalue weighted by molar-refractivity contribution is 0.0976. The average Bonchev–Trinajstić information content (AvgIpc) is 2.60. The standard InChI is InChI=1S/C17H7Cl2N3O4/c18-15-20-16(19)22-17(21-15)26-10-6-5-9-11(14(10)25)13(24)8-4-2-1-3-7(8)12(9)23/h1-6,25H. The van der Waals surface area contributed by atoms with Crippen LogP contribution < -0.4 is 4.74 Å². The molecular weight excluding hydrogens is 381 g/mol. The second-order valence-electron chi connectivity index (χ2n) is 5.30. The van der Waals surface area contributed by atoms with Crippen molar-refractivity contribution in [3.05, 3.63) is 69.2 Å². The smallest absolute Gasteiger partial charge is 0.327 e. The topological polar surface area (TPSA) is 102 Å². The van der Waals surface area contributed by atoms with E-state index in [4.69, 9.17) is 27.9 Å². The van der Waals surface area contributed by atoms with Crippen molar-refractivity contribution in [1.29, 1.82) is 0 Å². The summed E-state index contributed by atoms with van der Waals surface area (Å²) in [5.41, 5.74) is 0.445. The lowest BCUT2D eigenvalue weighted by atomic mass is 9.83. The Bertz CT molecular complexity index is 1080. The maximum Gasteiger partial charge on any atom is 0.327 e. The van der Waals surface area contributed by atoms with Crippen molar-refractivity contribution in [3.63, 3.8) is 0 Å². The number of carbonyl (C=O) groups excluding carboxylic acids is 2. The summed E-state index contributed by atoms with van der Waals surface area (Å²) in [7, 11) is 0. The minimum Gasteiger partial charge on any atom is -0.504 e. The number of ketones is 2. The first-order valence-corrected chi connectivity index (χ1v) is 8.00. The van der Waals surface area contributed by atoms with E-state index >= 15 is 0 Å². The van der Waals surface area contributed by atoms with Crippen molar-refractivity contribution in [2.75, 3.05) is 0 Å². The second-order valence-corrected chi connectivity index (χ2v) is 5.97. The van der Waals surface area contributed by atoms with E-state index in [1.807, 2.05) is 0 Å². The molecule has 1 N–H and O–H groups in total. The Morgan fingerprint density at radius 1 is 0.808 bits per heavy atom. The highest BCUT2D eigenvalue weighted by Crippen LogP contribution is 2.39. The molecule has 0 amide bonds. The number of ether oxygens (including phenoxy) is 1. The zero-order valence-electron chi connectivity index (χ0n) is 12.7. The van der Waals surface area contributed by atoms with Crippen LogP contribution in [0.3, 0.4) is 0 Å². The summed E-state index contributed by atoms with van der Waals surface area (Å²) in [6.45, 7) is 0. The second kappa shape index (κ2) is 6.05. The van der Waals surface area contributed by atoms with Crippen LogP contribution >= 0.6 is 23.2 Å². The van der Waals surface area contributed by atoms with E-state index in [1.165, 1.54) is 18.2 Å². The number of nitrogens with zero attached hydrogens (tertiary/aromatic N) is 3. The van der Waals surface area contributed by atoms with Crippen LogP contribution in [-0.2, 0) is 0 Å². The van der Waals surface area contributed by atoms with Crippen molar-refractivity contribution < 1.29 is 19.4 Å². The van der Waals surface area contributed by atoms with Crippen LogP contribution in [-0.4, -0.2) is 31.6 Å². The maximum atomic E-state index is 12.7. The number of rotatable bonds is 2. The van der Waals surface area contributed by atoms with Crippen molar-refractivity contribution in [1.82, 2.24) is 15.0 Å². The highest BCUT2D eigenvalue weighted by atomic mass is 35.5. The molecule has 2 aromatic carbocycles. The quantitative estimate of drug-likeness (QED) is 0.561. The van der Waals surface area contributed by atoms with E-state index in [1.54, 1.807) is 18.2 Å². The molecule has 26 heavy (non-hydrogen) atoms. The van der Waals surface area contributed by atoms with Crippen molar-refractivity contribution in [2.45, 2.75) is 0 Å². The first kappa shape index (κ1) is 16.4. The van der Waals surface area contributed by atoms with Gasteiger partial charge in [0.15, 0.2) is 23.1 Å². The van der Waals surface area contributed by atoms with E-state index in [0.717, 1.165) is 0 Å². The highest BCUT2D eigenvalue weighted by Gasteiger charge is 2.33. The van der Waals surface area contributed by atoms with E-state index in [9.17, 15) is 14.7 Å². The van der Waals surface area contributed by atoms with Gasteiger partial charge in [-0.05, 0) is 35.3 Å². The number of hydrogen-bond donors (Lipinski definition) is 1. The van der Waals surface area contributed by atoms with Gasteiger partial charge in [-0.1, -0.05) is 24.3 Å². The third kappa shape index (κ3) is 2.58. The number of halogens is 2. The molecule has 0 fully saturated rings. The molecule has 0 saturated carbocycles. The number of phenolic OH excluding ortho intramolecular Hbond substituents is 1. The van der Waals surface area contributed by atoms with Gasteiger partial charge in [-0.2, -0.15) is 15.0 Å². The third-order valence-electron chi connectivity index (χ3n) is 3.79. The number of aromatic hydroxyl groups is 1. The van der Waals surface area contributed by atoms with Crippen molar-refractivity contribution in [2.24, 2.45) is 0 Å². The Morgan fingerprint density at radius 3 is 2.08 bits per heavy atom. The van der Waals surface area contributed by atoms with Crippen LogP contribution in [0, 0.1) is 0 Å². The monoisotopic (exact) mass is 387 g/mol. The summed E-state index contributed by atoms with van der Waals surface area (Å²) in [6, 6.07) is 8.86. The summed E-state index contributed by atoms with van der Waals surface area (Å²) in [4.78, 5) is 36.4. The summed E-state index contributed by atoms with van der Waals surface area (Å²) in [5, 5.41) is 10.1. The van der Waals surface area contributed by atoms with Crippen LogP contribution in [0.2, 0.25) is 10.6 Å². The molecule has 1 aliphatic carbocycles. The van der Waals surface area contributed by atoms with Gasteiger partial charge in [-0.3, -0.25) is 9.59 Å². The Hall–Kier alpha value is -3.03. The number of phenols is 1. The van der Waals surface area contributed by atoms with E-state index in [-0.39, 0.29) is 50.4 Å². The van der Waals surface area contributed by atoms with Gasteiger partial charge >= 0.3 is 6.01 Å². The van der Waals surface area contributed by atoms with E-state index in [0.29, 0.717) is 0 Å². The molecule has 0 saturated heterocycles. The number of hydrogen-bond acceptors (Lipinski definition) is 7. The maximum absolute atomic E-state index is 12.7. The van der Waals surface area contributed by atoms with E-state index < -0.39 is 11.5 Å². The first-order valence-electron chi connectivity index (χ1n) is 7.25. The van der Waals surface area contributed by atoms with Gasteiger partial charge in [0, 0.05) is 16.7 Å². The number of fused-ring (bicyclic) bond motifs is 2. The fourth-order valence-corrected chi connectivity index (χ4v) is 3.03. The van der Waals surface area contributed by atoms with Crippen LogP contribution in [0.25, 0.3) is 0 Å². The third-order valence-corrected chi connectivity index (χ3v) is 4.13. The van der Waals surface area contributed by atoms with Gasteiger partial charge < -0.3 is 9.84 Å². The summed E-state index contributed by atoms with van der Waals surface area (Å²) in [6.07, 6.45) is 0. The van der Waals surface area contributed by atoms with Gasteiger partial charge in [-0.25, -0.2) is 0 Å². The molecule has 128 valence electrons. The zero-order valence-corrected chi connectivity index (χ0v) is 14.2. The van der Waals surface area contributed by atoms with Gasteiger partial charge in [0.1, 0.15) is 0 Å². The van der Waals surface area contributed by atoms with E-state index in [2.05, 4.69) is 15.0 Å². The van der Waals surface area contributed by atoms with Crippen LogP contribution in [0.15, 0.2) is 36.4 Å². The lowest BCUT2D eigenvalue weighted by Crippen LogP contribution is -2.21. The molecular formula is C17H7Cl2N3O4. The molecule has 0 aliphatic heterocycles. The lowest BCUT2D eigenvalue weighted by Gasteiger charge is -2.19. The first-order chi connectivity index (χ1) is 12.5. The molecule has 1 aromatic heterocycles. The predicted octanol–water partition coefficient (Wildman–Crippen LogP) is 3.45. The summed E-state index contributed by atoms with van der Waals surface area (Å²) >= 11 is 11.4. The molecule has 3 aromatic rings. The van der Waals surface area contributed by atoms with Crippen LogP contribution in [0.5, 0.6) is 17.5 Å². The SMILES string of the molecule is O=C1c2ccccc2C(=O)c2c1ccc(Oc1nc(Cl)nc(Cl)n1)c2O. The Balaban J connectivity index is 1.82. The molecule has 0 unspecified atom stereocenters. The average molecular weight is 388 g/mol. The number of benzene rings is 2. The normalized spacial score (nSPS) is 12.5. The van der Waals surface area contributed by atoms with Crippen LogP contribution in [0.4, 0.5) is 0 Å². The van der Waals surface area contributed by atoms with Crippen molar-refractivity contribution in [3.8, 4) is 17.5 Å². The number of aromatic nitrogens is 3. The molecule has 0 spiro atoms. The fraction of sp³-hybridized carbons (Fsp3) is 0. The Labute approximate surface area is 156 Å².